The zero-order chi connectivity index (χ0) is 25.1. The molecule has 2 aromatic carbocycles. The molecule has 1 fully saturated rings. The van der Waals surface area contributed by atoms with E-state index in [1.165, 1.54) is 17.7 Å². The van der Waals surface area contributed by atoms with Gasteiger partial charge >= 0.3 is 0 Å². The van der Waals surface area contributed by atoms with Gasteiger partial charge in [0.05, 0.1) is 17.0 Å². The van der Waals surface area contributed by atoms with Crippen LogP contribution in [0, 0.1) is 11.2 Å². The molecule has 6 rings (SSSR count). The van der Waals surface area contributed by atoms with Crippen LogP contribution in [-0.2, 0) is 6.54 Å². The number of fused-ring (bicyclic) bond motifs is 5. The lowest BCUT2D eigenvalue weighted by Crippen LogP contribution is -2.50. The molecule has 0 spiro atoms. The number of hydrogen-bond acceptors (Lipinski definition) is 4. The predicted octanol–water partition coefficient (Wildman–Crippen LogP) is 4.70. The second-order valence-electron chi connectivity index (χ2n) is 10.5. The second kappa shape index (κ2) is 8.32. The lowest BCUT2D eigenvalue weighted by atomic mass is 9.73. The van der Waals surface area contributed by atoms with E-state index in [2.05, 4.69) is 61.7 Å². The Balaban J connectivity index is 1.40. The molecule has 7 heteroatoms. The van der Waals surface area contributed by atoms with Gasteiger partial charge in [-0.2, -0.15) is 0 Å². The Bertz CT molecular complexity index is 1420. The van der Waals surface area contributed by atoms with E-state index in [0.29, 0.717) is 13.1 Å². The first-order valence-electron chi connectivity index (χ1n) is 12.6. The largest absolute Gasteiger partial charge is 0.388 e. The van der Waals surface area contributed by atoms with Crippen molar-refractivity contribution >= 4 is 5.69 Å². The highest BCUT2D eigenvalue weighted by Crippen LogP contribution is 2.44. The molecule has 0 aliphatic carbocycles. The molecule has 0 radical (unpaired) electrons. The lowest BCUT2D eigenvalue weighted by Gasteiger charge is -2.37. The third kappa shape index (κ3) is 3.49. The van der Waals surface area contributed by atoms with Crippen molar-refractivity contribution < 1.29 is 9.50 Å². The maximum absolute atomic E-state index is 13.5. The highest BCUT2D eigenvalue weighted by atomic mass is 19.1. The topological polar surface area (TPSA) is 58.2 Å². The first kappa shape index (κ1) is 23.0. The average molecular weight is 486 g/mol. The van der Waals surface area contributed by atoms with Gasteiger partial charge < -0.3 is 19.9 Å². The van der Waals surface area contributed by atoms with Gasteiger partial charge in [-0.15, -0.1) is 0 Å². The fourth-order valence-electron chi connectivity index (χ4n) is 6.15. The zero-order valence-electron chi connectivity index (χ0n) is 21.0. The summed E-state index contributed by atoms with van der Waals surface area (Å²) in [7, 11) is 1.95. The van der Waals surface area contributed by atoms with Crippen molar-refractivity contribution in [3.8, 4) is 28.3 Å². The van der Waals surface area contributed by atoms with E-state index in [4.69, 9.17) is 0 Å². The van der Waals surface area contributed by atoms with Crippen molar-refractivity contribution in [2.24, 2.45) is 5.41 Å². The Morgan fingerprint density at radius 3 is 2.64 bits per heavy atom. The van der Waals surface area contributed by atoms with Crippen molar-refractivity contribution in [2.75, 3.05) is 31.6 Å². The highest BCUT2D eigenvalue weighted by Gasteiger charge is 2.52. The van der Waals surface area contributed by atoms with E-state index in [1.807, 2.05) is 38.5 Å². The number of halogens is 1. The SMILES string of the molecule is CC[C@]1(CNC)CN(c2ccc3c(c2)Cn2cc(-c4ccc(F)cc4)cc2-c2nccn2-3)C[C@]1(C)O. The van der Waals surface area contributed by atoms with Gasteiger partial charge in [-0.3, -0.25) is 4.57 Å². The summed E-state index contributed by atoms with van der Waals surface area (Å²) in [5.41, 5.74) is 5.47. The average Bonchev–Trinajstić information content (AvgIpc) is 3.54. The summed E-state index contributed by atoms with van der Waals surface area (Å²) in [6, 6.07) is 15.3. The normalized spacial score (nSPS) is 22.8. The summed E-state index contributed by atoms with van der Waals surface area (Å²) >= 11 is 0. The summed E-state index contributed by atoms with van der Waals surface area (Å²) in [6.45, 7) is 7.01. The van der Waals surface area contributed by atoms with Gasteiger partial charge in [-0.05, 0) is 67.9 Å². The maximum atomic E-state index is 13.5. The molecule has 0 saturated carbocycles. The Kier molecular flexibility index (Phi) is 5.32. The van der Waals surface area contributed by atoms with Gasteiger partial charge in [0.25, 0.3) is 0 Å². The number of benzene rings is 2. The molecule has 4 aromatic rings. The predicted molar refractivity (Wildman–Crippen MR) is 141 cm³/mol. The number of aliphatic hydroxyl groups is 1. The van der Waals surface area contributed by atoms with Gasteiger partial charge in [0.1, 0.15) is 5.82 Å². The van der Waals surface area contributed by atoms with Crippen LogP contribution in [0.1, 0.15) is 25.8 Å². The molecule has 2 aliphatic rings. The first-order chi connectivity index (χ1) is 17.3. The van der Waals surface area contributed by atoms with Crippen molar-refractivity contribution in [3.63, 3.8) is 0 Å². The number of imidazole rings is 1. The molecule has 4 heterocycles. The second-order valence-corrected chi connectivity index (χ2v) is 10.5. The van der Waals surface area contributed by atoms with E-state index in [0.717, 1.165) is 53.5 Å². The number of anilines is 1. The maximum Gasteiger partial charge on any atom is 0.161 e. The van der Waals surface area contributed by atoms with Crippen LogP contribution in [0.3, 0.4) is 0 Å². The molecule has 0 bridgehead atoms. The number of hydrogen-bond donors (Lipinski definition) is 2. The molecular weight excluding hydrogens is 453 g/mol. The molecule has 36 heavy (non-hydrogen) atoms. The van der Waals surface area contributed by atoms with E-state index in [1.54, 1.807) is 0 Å². The van der Waals surface area contributed by atoms with Crippen LogP contribution in [0.15, 0.2) is 67.1 Å². The molecule has 1 saturated heterocycles. The van der Waals surface area contributed by atoms with E-state index < -0.39 is 5.60 Å². The Morgan fingerprint density at radius 1 is 1.08 bits per heavy atom. The van der Waals surface area contributed by atoms with Crippen molar-refractivity contribution in [1.29, 1.82) is 0 Å². The van der Waals surface area contributed by atoms with Gasteiger partial charge in [0, 0.05) is 61.4 Å². The van der Waals surface area contributed by atoms with Crippen molar-refractivity contribution in [1.82, 2.24) is 19.4 Å². The van der Waals surface area contributed by atoms with Crippen LogP contribution >= 0.6 is 0 Å². The number of β-amino-alcohol motifs (C(OH)–C–C–N with tert-alkyl or cyclic N) is 1. The first-order valence-corrected chi connectivity index (χ1v) is 12.6. The Hall–Kier alpha value is -3.42. The molecule has 0 amide bonds. The van der Waals surface area contributed by atoms with Gasteiger partial charge in [-0.1, -0.05) is 19.1 Å². The van der Waals surface area contributed by atoms with E-state index in [9.17, 15) is 9.50 Å². The molecule has 2 N–H and O–H groups in total. The molecule has 2 aromatic heterocycles. The van der Waals surface area contributed by atoms with Gasteiger partial charge in [-0.25, -0.2) is 9.37 Å². The molecule has 2 aliphatic heterocycles. The Morgan fingerprint density at radius 2 is 1.89 bits per heavy atom. The number of nitrogens with one attached hydrogen (secondary N) is 1. The van der Waals surface area contributed by atoms with Gasteiger partial charge in [0.2, 0.25) is 0 Å². The quantitative estimate of drug-likeness (QED) is 0.379. The van der Waals surface area contributed by atoms with Crippen LogP contribution in [0.25, 0.3) is 28.3 Å². The monoisotopic (exact) mass is 485 g/mol. The fourth-order valence-corrected chi connectivity index (χ4v) is 6.15. The van der Waals surface area contributed by atoms with Crippen molar-refractivity contribution in [3.05, 3.63) is 78.5 Å². The molecule has 186 valence electrons. The molecule has 2 atom stereocenters. The van der Waals surface area contributed by atoms with Gasteiger partial charge in [0.15, 0.2) is 5.82 Å². The molecule has 0 unspecified atom stereocenters. The minimum absolute atomic E-state index is 0.205. The molecular formula is C29H32FN5O. The summed E-state index contributed by atoms with van der Waals surface area (Å²) in [4.78, 5) is 7.00. The standard InChI is InChI=1S/C29H32FN5O/c1-4-29(17-31-3)19-34(18-28(29,2)36)24-9-10-25-22(13-24)16-33-15-21(20-5-7-23(30)8-6-20)14-26(33)27-32-11-12-35(25)27/h5-15,31,36H,4,16-19H2,1-3H3/t28-,29-/m0/s1. The highest BCUT2D eigenvalue weighted by molar-refractivity contribution is 5.72. The minimum Gasteiger partial charge on any atom is -0.388 e. The lowest BCUT2D eigenvalue weighted by molar-refractivity contribution is -0.0305. The summed E-state index contributed by atoms with van der Waals surface area (Å²) < 4.78 is 17.9. The van der Waals surface area contributed by atoms with E-state index >= 15 is 0 Å². The third-order valence-corrected chi connectivity index (χ3v) is 8.30. The fraction of sp³-hybridized carbons (Fsp3) is 0.345. The smallest absolute Gasteiger partial charge is 0.161 e. The van der Waals surface area contributed by atoms with Crippen molar-refractivity contribution in [2.45, 2.75) is 32.4 Å². The number of nitrogens with zero attached hydrogens (tertiary/aromatic N) is 4. The summed E-state index contributed by atoms with van der Waals surface area (Å²) in [5, 5.41) is 14.7. The minimum atomic E-state index is -0.785. The van der Waals surface area contributed by atoms with Crippen LogP contribution in [0.5, 0.6) is 0 Å². The third-order valence-electron chi connectivity index (χ3n) is 8.30. The summed E-state index contributed by atoms with van der Waals surface area (Å²) in [6.07, 6.45) is 6.86. The molecule has 6 nitrogen and oxygen atoms in total. The number of rotatable bonds is 5. The van der Waals surface area contributed by atoms with Crippen LogP contribution in [0.2, 0.25) is 0 Å². The Labute approximate surface area is 211 Å². The zero-order valence-corrected chi connectivity index (χ0v) is 21.0. The van der Waals surface area contributed by atoms with Crippen LogP contribution in [-0.4, -0.2) is 51.5 Å². The van der Waals surface area contributed by atoms with E-state index in [-0.39, 0.29) is 11.2 Å². The van der Waals surface area contributed by atoms with Crippen LogP contribution < -0.4 is 10.2 Å². The summed E-state index contributed by atoms with van der Waals surface area (Å²) in [5.74, 6) is 0.650. The number of aromatic nitrogens is 3. The van der Waals surface area contributed by atoms with Crippen LogP contribution in [0.4, 0.5) is 10.1 Å².